The van der Waals surface area contributed by atoms with Gasteiger partial charge >= 0.3 is 5.97 Å². The highest BCUT2D eigenvalue weighted by atomic mass is 31.1. The molecule has 0 bridgehead atoms. The SMILES string of the molecule is CCOP(C)c1cc(C#Cc2ccc(OCC(=O)OC)cc2)cc(CO)n1. The molecule has 6 nitrogen and oxygen atoms in total. The van der Waals surface area contributed by atoms with Crippen LogP contribution in [-0.4, -0.2) is 43.0 Å². The highest BCUT2D eigenvalue weighted by Gasteiger charge is 2.09. The van der Waals surface area contributed by atoms with Gasteiger partial charge in [0.2, 0.25) is 0 Å². The maximum atomic E-state index is 11.1. The minimum Gasteiger partial charge on any atom is -0.482 e. The Kier molecular flexibility index (Phi) is 8.22. The van der Waals surface area contributed by atoms with Gasteiger partial charge in [0.1, 0.15) is 5.75 Å². The molecule has 0 aliphatic rings. The second-order valence-electron chi connectivity index (χ2n) is 5.42. The fraction of sp³-hybridized carbons (Fsp3) is 0.300. The lowest BCUT2D eigenvalue weighted by Crippen LogP contribution is -2.12. The van der Waals surface area contributed by atoms with Crippen molar-refractivity contribution in [2.45, 2.75) is 13.5 Å². The second kappa shape index (κ2) is 10.6. The molecule has 0 aliphatic carbocycles. The number of hydrogen-bond donors (Lipinski definition) is 1. The summed E-state index contributed by atoms with van der Waals surface area (Å²) in [7, 11) is 0.474. The summed E-state index contributed by atoms with van der Waals surface area (Å²) in [4.78, 5) is 15.5. The van der Waals surface area contributed by atoms with Gasteiger partial charge in [-0.2, -0.15) is 0 Å². The van der Waals surface area contributed by atoms with Crippen molar-refractivity contribution in [3.63, 3.8) is 0 Å². The Bertz CT molecular complexity index is 827. The number of aliphatic hydroxyl groups is 1. The van der Waals surface area contributed by atoms with Gasteiger partial charge in [0.05, 0.1) is 33.0 Å². The van der Waals surface area contributed by atoms with Gasteiger partial charge in [-0.15, -0.1) is 0 Å². The fourth-order valence-electron chi connectivity index (χ4n) is 2.13. The van der Waals surface area contributed by atoms with E-state index in [9.17, 15) is 9.90 Å². The quantitative estimate of drug-likeness (QED) is 0.446. The van der Waals surface area contributed by atoms with Crippen molar-refractivity contribution in [2.75, 3.05) is 27.0 Å². The van der Waals surface area contributed by atoms with Crippen LogP contribution in [0.2, 0.25) is 0 Å². The first-order chi connectivity index (χ1) is 13.0. The van der Waals surface area contributed by atoms with Crippen LogP contribution in [0.4, 0.5) is 0 Å². The zero-order valence-electron chi connectivity index (χ0n) is 15.6. The molecule has 0 fully saturated rings. The van der Waals surface area contributed by atoms with E-state index in [1.807, 2.05) is 31.8 Å². The third-order valence-electron chi connectivity index (χ3n) is 3.46. The standard InChI is InChI=1S/C20H22NO5P/c1-4-26-27(3)19-12-16(11-17(13-22)21-19)6-5-15-7-9-18(10-8-15)25-14-20(23)24-2/h7-12,22H,4,13-14H2,1-3H3. The van der Waals surface area contributed by atoms with Gasteiger partial charge in [-0.25, -0.2) is 9.78 Å². The van der Waals surface area contributed by atoms with Gasteiger partial charge in [0.15, 0.2) is 6.61 Å². The number of carbonyl (C=O) groups is 1. The Morgan fingerprint density at radius 3 is 2.52 bits per heavy atom. The molecule has 2 rings (SSSR count). The molecule has 0 spiro atoms. The predicted molar refractivity (Wildman–Crippen MR) is 104 cm³/mol. The van der Waals surface area contributed by atoms with E-state index < -0.39 is 14.1 Å². The third-order valence-corrected chi connectivity index (χ3v) is 4.98. The molecular formula is C20H22NO5P. The number of nitrogens with zero attached hydrogens (tertiary/aromatic N) is 1. The number of benzene rings is 1. The maximum absolute atomic E-state index is 11.1. The van der Waals surface area contributed by atoms with Gasteiger partial charge in [-0.3, -0.25) is 0 Å². The van der Waals surface area contributed by atoms with E-state index >= 15 is 0 Å². The Balaban J connectivity index is 2.14. The molecule has 1 atom stereocenters. The van der Waals surface area contributed by atoms with Gasteiger partial charge in [-0.05, 0) is 50.0 Å². The summed E-state index contributed by atoms with van der Waals surface area (Å²) in [6.45, 7) is 4.24. The van der Waals surface area contributed by atoms with Crippen molar-refractivity contribution in [3.05, 3.63) is 53.2 Å². The zero-order chi connectivity index (χ0) is 19.6. The van der Waals surface area contributed by atoms with Crippen LogP contribution in [0, 0.1) is 11.8 Å². The topological polar surface area (TPSA) is 77.9 Å². The molecule has 27 heavy (non-hydrogen) atoms. The first-order valence-electron chi connectivity index (χ1n) is 8.36. The van der Waals surface area contributed by atoms with E-state index in [0.717, 1.165) is 16.6 Å². The molecule has 1 aromatic carbocycles. The van der Waals surface area contributed by atoms with Crippen LogP contribution >= 0.6 is 8.15 Å². The van der Waals surface area contributed by atoms with E-state index in [1.54, 1.807) is 18.2 Å². The Labute approximate surface area is 160 Å². The van der Waals surface area contributed by atoms with Gasteiger partial charge in [0.25, 0.3) is 0 Å². The van der Waals surface area contributed by atoms with Crippen molar-refractivity contribution in [1.29, 1.82) is 0 Å². The minimum absolute atomic E-state index is 0.134. The van der Waals surface area contributed by atoms with Crippen molar-refractivity contribution >= 4 is 19.6 Å². The molecule has 0 amide bonds. The number of methoxy groups -OCH3 is 1. The normalized spacial score (nSPS) is 11.3. The molecule has 7 heteroatoms. The van der Waals surface area contributed by atoms with Crippen LogP contribution in [0.25, 0.3) is 0 Å². The smallest absolute Gasteiger partial charge is 0.343 e. The zero-order valence-corrected chi connectivity index (χ0v) is 16.5. The van der Waals surface area contributed by atoms with E-state index in [4.69, 9.17) is 9.26 Å². The van der Waals surface area contributed by atoms with Crippen LogP contribution in [-0.2, 0) is 20.7 Å². The number of hydrogen-bond acceptors (Lipinski definition) is 6. The van der Waals surface area contributed by atoms with Gasteiger partial charge in [0, 0.05) is 17.7 Å². The number of aliphatic hydroxyl groups excluding tert-OH is 1. The van der Waals surface area contributed by atoms with Crippen LogP contribution in [0.1, 0.15) is 23.7 Å². The highest BCUT2D eigenvalue weighted by Crippen LogP contribution is 2.29. The Hall–Kier alpha value is -2.45. The molecule has 1 N–H and O–H groups in total. The molecule has 1 aromatic heterocycles. The van der Waals surface area contributed by atoms with E-state index in [2.05, 4.69) is 21.6 Å². The molecule has 142 valence electrons. The lowest BCUT2D eigenvalue weighted by molar-refractivity contribution is -0.142. The lowest BCUT2D eigenvalue weighted by atomic mass is 10.2. The molecule has 0 aliphatic heterocycles. The van der Waals surface area contributed by atoms with Crippen LogP contribution in [0.5, 0.6) is 5.75 Å². The maximum Gasteiger partial charge on any atom is 0.343 e. The number of esters is 1. The van der Waals surface area contributed by atoms with E-state index in [-0.39, 0.29) is 13.2 Å². The first kappa shape index (κ1) is 20.9. The Morgan fingerprint density at radius 2 is 1.89 bits per heavy atom. The molecular weight excluding hydrogens is 365 g/mol. The molecule has 0 radical (unpaired) electrons. The largest absolute Gasteiger partial charge is 0.482 e. The predicted octanol–water partition coefficient (Wildman–Crippen LogP) is 2.21. The molecule has 2 aromatic rings. The van der Waals surface area contributed by atoms with E-state index in [0.29, 0.717) is 18.1 Å². The van der Waals surface area contributed by atoms with Gasteiger partial charge < -0.3 is 19.1 Å². The second-order valence-corrected chi connectivity index (χ2v) is 7.13. The summed E-state index contributed by atoms with van der Waals surface area (Å²) in [6.07, 6.45) is 0. The monoisotopic (exact) mass is 387 g/mol. The summed E-state index contributed by atoms with van der Waals surface area (Å²) in [5.41, 5.74) is 2.93. The van der Waals surface area contributed by atoms with Crippen LogP contribution < -0.4 is 10.2 Å². The summed E-state index contributed by atoms with van der Waals surface area (Å²) in [5, 5.41) is 9.43. The number of aromatic nitrogens is 1. The van der Waals surface area contributed by atoms with Crippen molar-refractivity contribution in [1.82, 2.24) is 4.98 Å². The number of ether oxygens (including phenoxy) is 2. The fourth-order valence-corrected chi connectivity index (χ4v) is 3.24. The number of rotatable bonds is 7. The number of pyridine rings is 1. The molecule has 1 unspecified atom stereocenters. The average molecular weight is 387 g/mol. The van der Waals surface area contributed by atoms with Crippen LogP contribution in [0.3, 0.4) is 0 Å². The molecule has 0 saturated heterocycles. The van der Waals surface area contributed by atoms with Gasteiger partial charge in [-0.1, -0.05) is 11.8 Å². The summed E-state index contributed by atoms with van der Waals surface area (Å²) < 4.78 is 15.5. The van der Waals surface area contributed by atoms with Crippen LogP contribution in [0.15, 0.2) is 36.4 Å². The molecule has 0 saturated carbocycles. The Morgan fingerprint density at radius 1 is 1.19 bits per heavy atom. The highest BCUT2D eigenvalue weighted by molar-refractivity contribution is 7.59. The number of carbonyl (C=O) groups excluding carboxylic acids is 1. The summed E-state index contributed by atoms with van der Waals surface area (Å²) in [6, 6.07) is 10.7. The third kappa shape index (κ3) is 6.65. The lowest BCUT2D eigenvalue weighted by Gasteiger charge is -2.12. The summed E-state index contributed by atoms with van der Waals surface area (Å²) in [5.74, 6) is 6.29. The average Bonchev–Trinajstić information content (AvgIpc) is 2.71. The minimum atomic E-state index is -0.839. The van der Waals surface area contributed by atoms with Crippen molar-refractivity contribution in [3.8, 4) is 17.6 Å². The van der Waals surface area contributed by atoms with E-state index in [1.165, 1.54) is 7.11 Å². The first-order valence-corrected chi connectivity index (χ1v) is 10.1. The summed E-state index contributed by atoms with van der Waals surface area (Å²) >= 11 is 0. The van der Waals surface area contributed by atoms with Crippen molar-refractivity contribution < 1.29 is 23.9 Å². The van der Waals surface area contributed by atoms with Crippen molar-refractivity contribution in [2.24, 2.45) is 0 Å². The molecule has 1 heterocycles.